The van der Waals surface area contributed by atoms with Crippen LogP contribution in [-0.4, -0.2) is 39.0 Å². The minimum absolute atomic E-state index is 0.0882. The molecule has 124 valence electrons. The fourth-order valence-corrected chi connectivity index (χ4v) is 4.41. The van der Waals surface area contributed by atoms with Gasteiger partial charge in [0.1, 0.15) is 10.7 Å². The predicted octanol–water partition coefficient (Wildman–Crippen LogP) is 2.88. The van der Waals surface area contributed by atoms with Gasteiger partial charge in [-0.2, -0.15) is 0 Å². The van der Waals surface area contributed by atoms with Crippen LogP contribution in [0.25, 0.3) is 0 Å². The Hall–Kier alpha value is -0.690. The Morgan fingerprint density at radius 3 is 2.86 bits per heavy atom. The van der Waals surface area contributed by atoms with Crippen LogP contribution in [0, 0.1) is 11.7 Å². The maximum Gasteiger partial charge on any atom is 0.242 e. The van der Waals surface area contributed by atoms with Gasteiger partial charge in [0.2, 0.25) is 10.0 Å². The molecule has 2 atom stereocenters. The maximum atomic E-state index is 13.0. The lowest BCUT2D eigenvalue weighted by Gasteiger charge is -2.35. The molecule has 7 heteroatoms. The summed E-state index contributed by atoms with van der Waals surface area (Å²) in [7, 11) is -3.73. The van der Waals surface area contributed by atoms with Crippen molar-refractivity contribution in [1.29, 1.82) is 0 Å². The summed E-state index contributed by atoms with van der Waals surface area (Å²) < 4.78 is 40.2. The molecule has 1 aromatic rings. The molecular weight excluding hydrogens is 327 g/mol. The Morgan fingerprint density at radius 1 is 1.50 bits per heavy atom. The minimum atomic E-state index is -3.73. The standard InChI is InChI=1S/C15H22ClFN2O2S/c1-11-4-3-7-19(10-11)12(2)9-18-22(20,21)15-6-5-13(17)8-14(15)16/h5-6,8,11-12,18H,3-4,7,9-10H2,1-2H3/t11-,12+/m0/s1. The molecule has 1 heterocycles. The molecule has 1 aromatic carbocycles. The highest BCUT2D eigenvalue weighted by Gasteiger charge is 2.24. The van der Waals surface area contributed by atoms with E-state index in [9.17, 15) is 12.8 Å². The lowest BCUT2D eigenvalue weighted by molar-refractivity contribution is 0.140. The topological polar surface area (TPSA) is 49.4 Å². The molecule has 22 heavy (non-hydrogen) atoms. The molecule has 0 saturated carbocycles. The van der Waals surface area contributed by atoms with E-state index < -0.39 is 15.8 Å². The van der Waals surface area contributed by atoms with E-state index in [1.165, 1.54) is 12.5 Å². The zero-order valence-electron chi connectivity index (χ0n) is 12.9. The second-order valence-electron chi connectivity index (χ2n) is 6.02. The van der Waals surface area contributed by atoms with Crippen molar-refractivity contribution in [3.8, 4) is 0 Å². The summed E-state index contributed by atoms with van der Waals surface area (Å²) in [6.45, 7) is 6.50. The van der Waals surface area contributed by atoms with E-state index in [0.29, 0.717) is 12.5 Å². The first kappa shape index (κ1) is 17.7. The largest absolute Gasteiger partial charge is 0.299 e. The summed E-state index contributed by atoms with van der Waals surface area (Å²) in [5, 5.41) is -0.105. The first-order valence-electron chi connectivity index (χ1n) is 7.48. The number of likely N-dealkylation sites (tertiary alicyclic amines) is 1. The zero-order chi connectivity index (χ0) is 16.3. The van der Waals surface area contributed by atoms with Crippen LogP contribution < -0.4 is 4.72 Å². The van der Waals surface area contributed by atoms with Gasteiger partial charge in [0, 0.05) is 19.1 Å². The third kappa shape index (κ3) is 4.41. The van der Waals surface area contributed by atoms with E-state index in [1.54, 1.807) is 0 Å². The number of hydrogen-bond acceptors (Lipinski definition) is 3. The number of rotatable bonds is 5. The van der Waals surface area contributed by atoms with Gasteiger partial charge in [-0.25, -0.2) is 17.5 Å². The monoisotopic (exact) mass is 348 g/mol. The summed E-state index contributed by atoms with van der Waals surface area (Å²) in [4.78, 5) is 2.21. The number of hydrogen-bond donors (Lipinski definition) is 1. The first-order valence-corrected chi connectivity index (χ1v) is 9.34. The van der Waals surface area contributed by atoms with Gasteiger partial charge in [-0.15, -0.1) is 0 Å². The highest BCUT2D eigenvalue weighted by molar-refractivity contribution is 7.89. The van der Waals surface area contributed by atoms with Crippen LogP contribution in [0.1, 0.15) is 26.7 Å². The van der Waals surface area contributed by atoms with E-state index in [1.807, 2.05) is 6.92 Å². The Bertz CT molecular complexity index is 624. The number of benzene rings is 1. The normalized spacial score (nSPS) is 21.7. The van der Waals surface area contributed by atoms with Gasteiger partial charge in [-0.1, -0.05) is 18.5 Å². The molecule has 0 aromatic heterocycles. The van der Waals surface area contributed by atoms with Crippen LogP contribution in [0.4, 0.5) is 4.39 Å². The molecule has 4 nitrogen and oxygen atoms in total. The fraction of sp³-hybridized carbons (Fsp3) is 0.600. The molecule has 1 aliphatic heterocycles. The van der Waals surface area contributed by atoms with Crippen LogP contribution in [0.5, 0.6) is 0 Å². The van der Waals surface area contributed by atoms with Crippen molar-refractivity contribution >= 4 is 21.6 Å². The summed E-state index contributed by atoms with van der Waals surface area (Å²) in [6, 6.07) is 3.40. The molecule has 1 aliphatic rings. The molecule has 2 rings (SSSR count). The average molecular weight is 349 g/mol. The van der Waals surface area contributed by atoms with Crippen molar-refractivity contribution in [3.63, 3.8) is 0 Å². The first-order chi connectivity index (χ1) is 10.3. The summed E-state index contributed by atoms with van der Waals surface area (Å²) in [5.41, 5.74) is 0. The van der Waals surface area contributed by atoms with Gasteiger partial charge in [0.05, 0.1) is 5.02 Å². The highest BCUT2D eigenvalue weighted by atomic mass is 35.5. The molecule has 0 aliphatic carbocycles. The van der Waals surface area contributed by atoms with Crippen LogP contribution >= 0.6 is 11.6 Å². The third-order valence-corrected chi connectivity index (χ3v) is 5.97. The molecule has 0 spiro atoms. The predicted molar refractivity (Wildman–Crippen MR) is 86.0 cm³/mol. The van der Waals surface area contributed by atoms with Crippen LogP contribution in [0.15, 0.2) is 23.1 Å². The van der Waals surface area contributed by atoms with Crippen LogP contribution in [0.3, 0.4) is 0 Å². The smallest absolute Gasteiger partial charge is 0.242 e. The number of halogens is 2. The lowest BCUT2D eigenvalue weighted by atomic mass is 9.99. The summed E-state index contributed by atoms with van der Waals surface area (Å²) in [6.07, 6.45) is 2.36. The van der Waals surface area contributed by atoms with Crippen molar-refractivity contribution in [2.75, 3.05) is 19.6 Å². The zero-order valence-corrected chi connectivity index (χ0v) is 14.4. The molecule has 1 N–H and O–H groups in total. The van der Waals surface area contributed by atoms with Gasteiger partial charge in [0.15, 0.2) is 0 Å². The van der Waals surface area contributed by atoms with E-state index in [0.717, 1.165) is 31.6 Å². The Balaban J connectivity index is 2.00. The van der Waals surface area contributed by atoms with E-state index >= 15 is 0 Å². The number of sulfonamides is 1. The van der Waals surface area contributed by atoms with Gasteiger partial charge < -0.3 is 0 Å². The molecule has 1 saturated heterocycles. The van der Waals surface area contributed by atoms with Gasteiger partial charge in [-0.05, 0) is 50.4 Å². The Kier molecular flexibility index (Phi) is 5.82. The fourth-order valence-electron chi connectivity index (χ4n) is 2.76. The summed E-state index contributed by atoms with van der Waals surface area (Å²) in [5.74, 6) is 0.0824. The van der Waals surface area contributed by atoms with Crippen LogP contribution in [0.2, 0.25) is 5.02 Å². The number of nitrogens with one attached hydrogen (secondary N) is 1. The van der Waals surface area contributed by atoms with Crippen molar-refractivity contribution < 1.29 is 12.8 Å². The van der Waals surface area contributed by atoms with Crippen molar-refractivity contribution in [2.45, 2.75) is 37.6 Å². The molecule has 0 amide bonds. The van der Waals surface area contributed by atoms with Crippen molar-refractivity contribution in [3.05, 3.63) is 29.0 Å². The molecule has 0 unspecified atom stereocenters. The lowest BCUT2D eigenvalue weighted by Crippen LogP contribution is -2.46. The van der Waals surface area contributed by atoms with Gasteiger partial charge in [-0.3, -0.25) is 4.90 Å². The van der Waals surface area contributed by atoms with E-state index in [-0.39, 0.29) is 16.0 Å². The average Bonchev–Trinajstić information content (AvgIpc) is 2.44. The summed E-state index contributed by atoms with van der Waals surface area (Å²) >= 11 is 5.83. The van der Waals surface area contributed by atoms with Crippen molar-refractivity contribution in [2.24, 2.45) is 5.92 Å². The van der Waals surface area contributed by atoms with E-state index in [4.69, 9.17) is 11.6 Å². The van der Waals surface area contributed by atoms with Gasteiger partial charge in [0.25, 0.3) is 0 Å². The maximum absolute atomic E-state index is 13.0. The Morgan fingerprint density at radius 2 is 2.23 bits per heavy atom. The number of nitrogens with zero attached hydrogens (tertiary/aromatic N) is 1. The quantitative estimate of drug-likeness (QED) is 0.890. The number of piperidine rings is 1. The van der Waals surface area contributed by atoms with E-state index in [2.05, 4.69) is 16.5 Å². The highest BCUT2D eigenvalue weighted by Crippen LogP contribution is 2.22. The third-order valence-electron chi connectivity index (χ3n) is 4.06. The second kappa shape index (κ2) is 7.25. The van der Waals surface area contributed by atoms with Crippen LogP contribution in [-0.2, 0) is 10.0 Å². The minimum Gasteiger partial charge on any atom is -0.299 e. The SMILES string of the molecule is C[C@H]1CCCN([C@H](C)CNS(=O)(=O)c2ccc(F)cc2Cl)C1. The Labute approximate surface area is 136 Å². The molecule has 0 radical (unpaired) electrons. The molecule has 1 fully saturated rings. The van der Waals surface area contributed by atoms with Crippen molar-refractivity contribution in [1.82, 2.24) is 9.62 Å². The second-order valence-corrected chi connectivity index (χ2v) is 8.16. The molecular formula is C15H22ClFN2O2S. The van der Waals surface area contributed by atoms with Gasteiger partial charge >= 0.3 is 0 Å². The molecule has 0 bridgehead atoms.